The Balaban J connectivity index is 0. The number of carboxylic acids is 1. The molecule has 6 heterocycles. The number of nitro groups is 2. The Bertz CT molecular complexity index is 5330. The van der Waals surface area contributed by atoms with Gasteiger partial charge in [-0.05, 0) is 222 Å². The normalized spacial score (nSPS) is 13.1. The van der Waals surface area contributed by atoms with Gasteiger partial charge in [0.1, 0.15) is 62.3 Å². The number of hydrogen-bond acceptors (Lipinski definition) is 21. The second-order valence-corrected chi connectivity index (χ2v) is 39.5. The number of fused-ring (bicyclic) bond motifs is 6. The van der Waals surface area contributed by atoms with E-state index < -0.39 is 97.1 Å². The van der Waals surface area contributed by atoms with Gasteiger partial charge >= 0.3 is 29.9 Å². The maximum absolute atomic E-state index is 14.8. The average Bonchev–Trinajstić information content (AvgIpc) is 0.773. The van der Waals surface area contributed by atoms with Crippen LogP contribution in [-0.4, -0.2) is 139 Å². The molecule has 7 radical (unpaired) electrons. The van der Waals surface area contributed by atoms with Crippen molar-refractivity contribution in [1.29, 1.82) is 0 Å². The molecule has 14 rings (SSSR count). The minimum Gasteiger partial charge on any atom is -0.494 e. The van der Waals surface area contributed by atoms with Gasteiger partial charge in [-0.3, -0.25) is 49.3 Å². The fraction of sp³-hybridized carbons (Fsp3) is 0.356. The van der Waals surface area contributed by atoms with Crippen molar-refractivity contribution in [3.63, 3.8) is 0 Å². The van der Waals surface area contributed by atoms with Crippen molar-refractivity contribution in [3.05, 3.63) is 237 Å². The fourth-order valence-corrected chi connectivity index (χ4v) is 19.7. The largest absolute Gasteiger partial charge is 0.494 e. The first-order chi connectivity index (χ1) is 58.9. The number of ether oxygens (including phenoxy) is 4. The van der Waals surface area contributed by atoms with E-state index in [1.807, 2.05) is 45.9 Å². The molecule has 0 saturated carbocycles. The first-order valence-electron chi connectivity index (χ1n) is 38.1. The maximum atomic E-state index is 14.8. The van der Waals surface area contributed by atoms with Gasteiger partial charge in [-0.2, -0.15) is 4.39 Å². The van der Waals surface area contributed by atoms with Crippen LogP contribution in [0.2, 0.25) is 0 Å². The number of benzene rings is 8. The molecular formula is C87H91Br3F9N5O15S7Y7. The summed E-state index contributed by atoms with van der Waals surface area (Å²) in [5.74, 6) is -2.14. The summed E-state index contributed by atoms with van der Waals surface area (Å²) in [7, 11) is 0. The number of nitrogens with zero attached hydrogens (tertiary/aromatic N) is 5. The number of aryl methyl sites for hydroxylation is 2. The van der Waals surface area contributed by atoms with Gasteiger partial charge in [0.05, 0.1) is 85.1 Å². The van der Waals surface area contributed by atoms with E-state index in [-0.39, 0.29) is 287 Å². The molecule has 1 N–H and O–H groups in total. The van der Waals surface area contributed by atoms with Crippen molar-refractivity contribution < 1.29 is 331 Å². The summed E-state index contributed by atoms with van der Waals surface area (Å²) >= 11 is 18.6. The molecule has 0 aromatic heterocycles. The molecule has 0 bridgehead atoms. The predicted molar refractivity (Wildman–Crippen MR) is 494 cm³/mol. The Morgan fingerprint density at radius 1 is 0.474 bits per heavy atom. The van der Waals surface area contributed by atoms with Gasteiger partial charge in [0, 0.05) is 299 Å². The van der Waals surface area contributed by atoms with Crippen LogP contribution >= 0.6 is 130 Å². The molecule has 0 unspecified atom stereocenters. The number of hydrogen-bond donors (Lipinski definition) is 1. The standard InChI is InChI=1S/C17H22FNO3S.C15H17BrFNO3S.C13H15BrFNO2S.C9H8BrFS.C9H7FOS.C9H9FS.C8H6FNO4S.C6H3F2NO2.CH4.7Y/c1-6-21-11(2)12-7-8-13-15(14(12)18)23-10-9-19(13)16(20)22-17(3,4)5;1-15(2,3)21-14(20)18-6-7-22-13-10(18)5-4-9(12(13)17)11(19)8-16;1-13(2,3)18-12(17)16-6-7-19-11-9(16)5-4-8(14)10(11)15;10-7-4-3-6-2-1-5-12-9(6)8(7)11;10-8-3-1-2-6-4-7(11)5-12-9(6)8;10-8-5-1-3-7-4-2-6-11-9(7)8;9-5-2-1-3-6(10(13)14)8(5)15-4-7(11)12;7-4-2-1-3-5(6(4)8)9(10)11;;;;;;;;/h7-8H,2,6,9-10H2,1,3-5H3;4-5H,6-8H2,1-3H3;4-5H,6-7H2,1-3H3;3-4H,1-2,5H2;1-3H,4-5H2;1,3,5H,2,4,6H2;1-3H,4H2,(H,11,12);1-3H;1H4;;;;;;;. The monoisotopic (exact) mass is 2700 g/mol. The van der Waals surface area contributed by atoms with Gasteiger partial charge < -0.3 is 24.1 Å². The molecule has 0 spiro atoms. The Kier molecular flexibility index (Phi) is 66.1. The summed E-state index contributed by atoms with van der Waals surface area (Å²) in [5.41, 5.74) is 2.06. The van der Waals surface area contributed by atoms with Crippen LogP contribution in [0.25, 0.3) is 5.76 Å². The van der Waals surface area contributed by atoms with E-state index in [1.165, 1.54) is 104 Å². The van der Waals surface area contributed by atoms with Gasteiger partial charge in [-0.1, -0.05) is 72.4 Å². The number of thioether (sulfide) groups is 7. The number of Topliss-reactive ketones (excluding diaryl/α,β-unsaturated/α-hetero) is 2. The maximum Gasteiger partial charge on any atom is 0.414 e. The van der Waals surface area contributed by atoms with Crippen molar-refractivity contribution in [2.45, 2.75) is 160 Å². The number of carbonyl (C=O) groups excluding carboxylic acids is 5. The molecule has 20 nitrogen and oxygen atoms in total. The summed E-state index contributed by atoms with van der Waals surface area (Å²) in [4.78, 5) is 96.2. The zero-order valence-electron chi connectivity index (χ0n) is 73.1. The molecule has 0 fully saturated rings. The molecule has 0 saturated heterocycles. The van der Waals surface area contributed by atoms with Crippen molar-refractivity contribution in [2.24, 2.45) is 0 Å². The summed E-state index contributed by atoms with van der Waals surface area (Å²) in [6, 6.07) is 29.9. The first-order valence-corrected chi connectivity index (χ1v) is 47.7. The van der Waals surface area contributed by atoms with E-state index in [0.717, 1.165) is 75.6 Å². The second kappa shape index (κ2) is 65.2. The number of halogens is 12. The Labute approximate surface area is 999 Å². The van der Waals surface area contributed by atoms with Gasteiger partial charge in [0.25, 0.3) is 5.69 Å². The zero-order chi connectivity index (χ0) is 92.5. The zero-order valence-corrected chi connectivity index (χ0v) is 103. The number of alkyl halides is 1. The van der Waals surface area contributed by atoms with E-state index in [9.17, 15) is 88.5 Å². The van der Waals surface area contributed by atoms with Crippen molar-refractivity contribution in [2.75, 3.05) is 86.5 Å². The van der Waals surface area contributed by atoms with Crippen LogP contribution in [0.5, 0.6) is 0 Å². The van der Waals surface area contributed by atoms with Crippen molar-refractivity contribution >= 4 is 200 Å². The molecule has 6 aliphatic rings. The minimum atomic E-state index is -1.42. The topological polar surface area (TPSA) is 256 Å². The third-order valence-corrected chi connectivity index (χ3v) is 26.6. The second-order valence-electron chi connectivity index (χ2n) is 29.7. The van der Waals surface area contributed by atoms with Gasteiger partial charge in [-0.15, -0.1) is 82.3 Å². The summed E-state index contributed by atoms with van der Waals surface area (Å²) in [6.07, 6.45) is 3.39. The minimum absolute atomic E-state index is 0. The summed E-state index contributed by atoms with van der Waals surface area (Å²) in [5, 5.41) is 28.9. The van der Waals surface area contributed by atoms with Crippen LogP contribution in [-0.2, 0) is 277 Å². The van der Waals surface area contributed by atoms with Gasteiger partial charge in [0.15, 0.2) is 23.2 Å². The Hall–Kier alpha value is -0.293. The smallest absolute Gasteiger partial charge is 0.414 e. The van der Waals surface area contributed by atoms with E-state index in [4.69, 9.17) is 24.1 Å². The number of amides is 3. The fourth-order valence-electron chi connectivity index (χ4n) is 11.5. The van der Waals surface area contributed by atoms with Crippen LogP contribution < -0.4 is 14.7 Å². The van der Waals surface area contributed by atoms with Gasteiger partial charge in [-0.25, -0.2) is 49.5 Å². The SMILES string of the molecule is C.C=C(OCC)c1ccc2c(c1F)SCCN2C(=O)OC(C)(C)C.CC(C)(C)OC(=O)N1CCSc2c1ccc(Br)c2F.CC(C)(C)OC(=O)N1CCSc2c1ccc(C(=O)CBr)c2F.Fc1c(Br)ccc2c1SCCC2.Fc1cccc2c1SCCC2.O=C(O)CSc1c(F)cccc1[N+](=O)[O-].O=C1CSc2c(F)cccc2C1.O=[N+]([O-])c1cccc(F)c1F.[Y].[Y].[Y].[Y].[Y].[Y].[Y]. The molecule has 3 amide bonds. The Morgan fingerprint density at radius 2 is 0.842 bits per heavy atom. The average molecular weight is 2700 g/mol. The van der Waals surface area contributed by atoms with E-state index in [2.05, 4.69) is 54.4 Å². The van der Waals surface area contributed by atoms with E-state index in [0.29, 0.717) is 124 Å². The molecule has 6 aliphatic heterocycles. The number of nitro benzene ring substituents is 2. The van der Waals surface area contributed by atoms with Crippen LogP contribution in [0.3, 0.4) is 0 Å². The van der Waals surface area contributed by atoms with Crippen LogP contribution in [0, 0.1) is 72.6 Å². The van der Waals surface area contributed by atoms with E-state index >= 15 is 0 Å². The van der Waals surface area contributed by atoms with E-state index in [1.54, 1.807) is 114 Å². The third-order valence-electron chi connectivity index (χ3n) is 16.9. The molecule has 0 atom stereocenters. The Morgan fingerprint density at radius 3 is 1.27 bits per heavy atom. The van der Waals surface area contributed by atoms with Crippen LogP contribution in [0.1, 0.15) is 122 Å². The van der Waals surface area contributed by atoms with Crippen molar-refractivity contribution in [3.8, 4) is 0 Å². The number of anilines is 3. The number of carbonyl (C=O) groups is 6. The predicted octanol–water partition coefficient (Wildman–Crippen LogP) is 26.3. The third kappa shape index (κ3) is 42.0. The van der Waals surface area contributed by atoms with Crippen LogP contribution in [0.15, 0.2) is 171 Å². The number of rotatable bonds is 10. The number of carboxylic acid groups (broad SMARTS) is 1. The van der Waals surface area contributed by atoms with Crippen molar-refractivity contribution in [1.82, 2.24) is 0 Å². The number of aliphatic carboxylic acids is 1. The molecule has 8 aromatic carbocycles. The first kappa shape index (κ1) is 135. The molecular weight excluding hydrogens is 2610 g/mol. The molecule has 8 aromatic rings. The number of ketones is 2. The van der Waals surface area contributed by atoms with Crippen LogP contribution in [0.4, 0.5) is 82.3 Å². The molecule has 133 heavy (non-hydrogen) atoms. The quantitative estimate of drug-likeness (QED) is 0.0195. The molecule has 0 aliphatic carbocycles. The molecule has 701 valence electrons. The summed E-state index contributed by atoms with van der Waals surface area (Å²) in [6.45, 7) is 23.6. The molecule has 46 heteroatoms. The summed E-state index contributed by atoms with van der Waals surface area (Å²) < 4.78 is 143. The van der Waals surface area contributed by atoms with Gasteiger partial charge in [0.2, 0.25) is 5.82 Å².